The van der Waals surface area contributed by atoms with Crippen molar-refractivity contribution in [2.24, 2.45) is 5.92 Å². The molecule has 4 rings (SSSR count). The van der Waals surface area contributed by atoms with Gasteiger partial charge < -0.3 is 14.6 Å². The Morgan fingerprint density at radius 1 is 1.30 bits per heavy atom. The molecule has 0 unspecified atom stereocenters. The fraction of sp³-hybridized carbons (Fsp3) is 0.556. The van der Waals surface area contributed by atoms with E-state index < -0.39 is 17.3 Å². The minimum atomic E-state index is -1.45. The predicted molar refractivity (Wildman–Crippen MR) is 81.3 cm³/mol. The molecule has 0 fully saturated rings. The molecule has 23 heavy (non-hydrogen) atoms. The number of hydrogen-bond acceptors (Lipinski definition) is 5. The Labute approximate surface area is 134 Å². The van der Waals surface area contributed by atoms with Crippen LogP contribution < -0.4 is 4.74 Å². The number of esters is 1. The van der Waals surface area contributed by atoms with E-state index in [2.05, 4.69) is 0 Å². The van der Waals surface area contributed by atoms with Gasteiger partial charge in [-0.25, -0.2) is 0 Å². The number of aliphatic hydroxyl groups is 1. The number of ether oxygens (including phenoxy) is 2. The minimum Gasteiger partial charge on any atom is -0.462 e. The van der Waals surface area contributed by atoms with Crippen molar-refractivity contribution < 1.29 is 24.2 Å². The zero-order valence-electron chi connectivity index (χ0n) is 13.7. The molecule has 0 amide bonds. The summed E-state index contributed by atoms with van der Waals surface area (Å²) in [6, 6.07) is 1.77. The molecular formula is C18H20O5. The van der Waals surface area contributed by atoms with Crippen LogP contribution in [0.15, 0.2) is 6.07 Å². The molecule has 4 atom stereocenters. The van der Waals surface area contributed by atoms with Crippen LogP contribution in [0.1, 0.15) is 66.8 Å². The zero-order valence-corrected chi connectivity index (χ0v) is 13.7. The second-order valence-electron chi connectivity index (χ2n) is 7.57. The molecule has 0 bridgehead atoms. The van der Waals surface area contributed by atoms with Gasteiger partial charge in [-0.3, -0.25) is 9.59 Å². The van der Waals surface area contributed by atoms with Gasteiger partial charge in [0.2, 0.25) is 5.79 Å². The van der Waals surface area contributed by atoms with Crippen LogP contribution in [0.4, 0.5) is 0 Å². The molecule has 0 aromatic heterocycles. The Morgan fingerprint density at radius 3 is 2.70 bits per heavy atom. The standard InChI is InChI=1S/C18H20O5/c1-8-6-11-14-13-12(8)10(19)5-9(2)15(13)22-16(20)17(14,3)7-18(4,21)23-11/h6,9,15,21H,5,7H2,1-4H3/t9-,15-,17+,18-/m0/s1. The lowest BCUT2D eigenvalue weighted by Crippen LogP contribution is -2.53. The molecule has 1 N–H and O–H groups in total. The molecule has 0 spiro atoms. The lowest BCUT2D eigenvalue weighted by molar-refractivity contribution is -0.184. The second kappa shape index (κ2) is 4.15. The normalized spacial score (nSPS) is 37.8. The summed E-state index contributed by atoms with van der Waals surface area (Å²) in [5.74, 6) is -1.28. The molecule has 1 aromatic rings. The molecule has 3 aliphatic rings. The Morgan fingerprint density at radius 2 is 2.00 bits per heavy atom. The van der Waals surface area contributed by atoms with Gasteiger partial charge in [0, 0.05) is 42.4 Å². The molecule has 2 aliphatic heterocycles. The molecule has 1 aromatic carbocycles. The van der Waals surface area contributed by atoms with E-state index in [0.29, 0.717) is 17.7 Å². The Balaban J connectivity index is 2.11. The Kier molecular flexibility index (Phi) is 2.65. The molecule has 122 valence electrons. The maximum absolute atomic E-state index is 12.7. The van der Waals surface area contributed by atoms with Crippen LogP contribution in [0.5, 0.6) is 5.75 Å². The molecule has 2 heterocycles. The number of carbonyl (C=O) groups is 2. The first-order valence-corrected chi connectivity index (χ1v) is 7.98. The van der Waals surface area contributed by atoms with E-state index in [9.17, 15) is 14.7 Å². The van der Waals surface area contributed by atoms with Crippen molar-refractivity contribution in [1.29, 1.82) is 0 Å². The van der Waals surface area contributed by atoms with E-state index in [1.165, 1.54) is 0 Å². The van der Waals surface area contributed by atoms with Gasteiger partial charge in [-0.2, -0.15) is 0 Å². The quantitative estimate of drug-likeness (QED) is 0.745. The van der Waals surface area contributed by atoms with Crippen LogP contribution in [0.25, 0.3) is 0 Å². The summed E-state index contributed by atoms with van der Waals surface area (Å²) in [5.41, 5.74) is 1.99. The van der Waals surface area contributed by atoms with Crippen LogP contribution in [-0.4, -0.2) is 22.6 Å². The number of benzene rings is 1. The fourth-order valence-electron chi connectivity index (χ4n) is 4.51. The first-order chi connectivity index (χ1) is 10.6. The Bertz CT molecular complexity index is 763. The first kappa shape index (κ1) is 14.7. The SMILES string of the molecule is Cc1cc2c3c4c1C(=O)C[C@H](C)[C@@H]4OC(=O)[C@]3(C)C[C@@](C)(O)O2. The summed E-state index contributed by atoms with van der Waals surface area (Å²) in [5, 5.41) is 10.4. The van der Waals surface area contributed by atoms with Crippen LogP contribution >= 0.6 is 0 Å². The topological polar surface area (TPSA) is 72.8 Å². The summed E-state index contributed by atoms with van der Waals surface area (Å²) in [7, 11) is 0. The smallest absolute Gasteiger partial charge is 0.317 e. The van der Waals surface area contributed by atoms with E-state index >= 15 is 0 Å². The van der Waals surface area contributed by atoms with Gasteiger partial charge >= 0.3 is 5.97 Å². The average Bonchev–Trinajstić information content (AvgIpc) is 2.38. The van der Waals surface area contributed by atoms with Gasteiger partial charge in [0.1, 0.15) is 17.3 Å². The Hall–Kier alpha value is -1.88. The average molecular weight is 316 g/mol. The summed E-state index contributed by atoms with van der Waals surface area (Å²) in [4.78, 5) is 25.3. The maximum Gasteiger partial charge on any atom is 0.317 e. The van der Waals surface area contributed by atoms with E-state index in [-0.39, 0.29) is 24.1 Å². The summed E-state index contributed by atoms with van der Waals surface area (Å²) in [6.07, 6.45) is 0.0693. The van der Waals surface area contributed by atoms with Gasteiger partial charge in [0.25, 0.3) is 0 Å². The van der Waals surface area contributed by atoms with E-state index in [1.807, 2.05) is 13.8 Å². The van der Waals surface area contributed by atoms with E-state index in [1.54, 1.807) is 19.9 Å². The summed E-state index contributed by atoms with van der Waals surface area (Å²) < 4.78 is 11.5. The highest BCUT2D eigenvalue weighted by Gasteiger charge is 2.57. The van der Waals surface area contributed by atoms with Gasteiger partial charge in [-0.15, -0.1) is 0 Å². The van der Waals surface area contributed by atoms with Crippen molar-refractivity contribution in [3.63, 3.8) is 0 Å². The van der Waals surface area contributed by atoms with Crippen LogP contribution in [0, 0.1) is 12.8 Å². The number of Topliss-reactive ketones (excluding diaryl/α,β-unsaturated/α-hetero) is 1. The van der Waals surface area contributed by atoms with Crippen molar-refractivity contribution in [1.82, 2.24) is 0 Å². The number of hydrogen-bond donors (Lipinski definition) is 1. The van der Waals surface area contributed by atoms with Gasteiger partial charge in [0.05, 0.1) is 0 Å². The zero-order chi connectivity index (χ0) is 16.7. The molecule has 1 aliphatic carbocycles. The third-order valence-electron chi connectivity index (χ3n) is 5.36. The lowest BCUT2D eigenvalue weighted by atomic mass is 9.65. The van der Waals surface area contributed by atoms with Crippen LogP contribution in [0.2, 0.25) is 0 Å². The number of aryl methyl sites for hydroxylation is 1. The molecule has 5 heteroatoms. The van der Waals surface area contributed by atoms with Gasteiger partial charge in [0.15, 0.2) is 5.78 Å². The van der Waals surface area contributed by atoms with E-state index in [0.717, 1.165) is 16.7 Å². The van der Waals surface area contributed by atoms with Crippen LogP contribution in [0.3, 0.4) is 0 Å². The van der Waals surface area contributed by atoms with Crippen molar-refractivity contribution in [3.8, 4) is 5.75 Å². The van der Waals surface area contributed by atoms with Crippen molar-refractivity contribution in [3.05, 3.63) is 28.3 Å². The third kappa shape index (κ3) is 1.77. The molecule has 0 radical (unpaired) electrons. The molecule has 0 saturated heterocycles. The summed E-state index contributed by atoms with van der Waals surface area (Å²) in [6.45, 7) is 7.09. The minimum absolute atomic E-state index is 0.0585. The van der Waals surface area contributed by atoms with Crippen molar-refractivity contribution >= 4 is 11.8 Å². The number of ketones is 1. The lowest BCUT2D eigenvalue weighted by Gasteiger charge is -2.48. The van der Waals surface area contributed by atoms with Gasteiger partial charge in [-0.05, 0) is 25.5 Å². The number of carbonyl (C=O) groups excluding carboxylic acids is 2. The predicted octanol–water partition coefficient (Wildman–Crippen LogP) is 2.56. The highest BCUT2D eigenvalue weighted by molar-refractivity contribution is 6.03. The van der Waals surface area contributed by atoms with Crippen molar-refractivity contribution in [2.45, 2.75) is 57.8 Å². The monoisotopic (exact) mass is 316 g/mol. The highest BCUT2D eigenvalue weighted by Crippen LogP contribution is 2.56. The second-order valence-corrected chi connectivity index (χ2v) is 7.57. The fourth-order valence-corrected chi connectivity index (χ4v) is 4.51. The van der Waals surface area contributed by atoms with Crippen LogP contribution in [-0.2, 0) is 14.9 Å². The van der Waals surface area contributed by atoms with E-state index in [4.69, 9.17) is 9.47 Å². The number of rotatable bonds is 0. The maximum atomic E-state index is 12.7. The molecule has 0 saturated carbocycles. The largest absolute Gasteiger partial charge is 0.462 e. The third-order valence-corrected chi connectivity index (χ3v) is 5.36. The summed E-state index contributed by atoms with van der Waals surface area (Å²) >= 11 is 0. The molecular weight excluding hydrogens is 296 g/mol. The molecule has 5 nitrogen and oxygen atoms in total. The first-order valence-electron chi connectivity index (χ1n) is 7.98. The highest BCUT2D eigenvalue weighted by atomic mass is 16.6. The van der Waals surface area contributed by atoms with Crippen molar-refractivity contribution in [2.75, 3.05) is 0 Å². The van der Waals surface area contributed by atoms with Gasteiger partial charge in [-0.1, -0.05) is 6.92 Å².